The standard InChI is InChI=1S/C27H35N5O3S/c1-5-29(19-23-12-8-7-9-13-23)27(33)24-20-31(6-2)28-26(24)36(34,35)32-17-15-30(16-18-32)25-14-10-11-21(3)22(25)4/h7-14,20H,5-6,15-19H2,1-4H3. The molecule has 1 saturated heterocycles. The summed E-state index contributed by atoms with van der Waals surface area (Å²) in [5.74, 6) is -0.325. The predicted molar refractivity (Wildman–Crippen MR) is 142 cm³/mol. The van der Waals surface area contributed by atoms with Gasteiger partial charge in [0.2, 0.25) is 5.03 Å². The number of carbonyl (C=O) groups excluding carboxylic acids is 1. The second-order valence-corrected chi connectivity index (χ2v) is 11.0. The summed E-state index contributed by atoms with van der Waals surface area (Å²) in [5.41, 5.74) is 4.68. The van der Waals surface area contributed by atoms with Gasteiger partial charge < -0.3 is 9.80 Å². The third kappa shape index (κ3) is 5.17. The molecule has 0 spiro atoms. The first kappa shape index (κ1) is 25.9. The van der Waals surface area contributed by atoms with Gasteiger partial charge >= 0.3 is 0 Å². The van der Waals surface area contributed by atoms with Crippen LogP contribution in [0, 0.1) is 13.8 Å². The van der Waals surface area contributed by atoms with Gasteiger partial charge in [-0.1, -0.05) is 42.5 Å². The maximum Gasteiger partial charge on any atom is 0.263 e. The zero-order chi connectivity index (χ0) is 25.9. The molecule has 192 valence electrons. The number of nitrogens with zero attached hydrogens (tertiary/aromatic N) is 5. The Kier molecular flexibility index (Phi) is 7.80. The summed E-state index contributed by atoms with van der Waals surface area (Å²) in [7, 11) is -3.94. The number of carbonyl (C=O) groups is 1. The Morgan fingerprint density at radius 3 is 2.31 bits per heavy atom. The molecule has 0 saturated carbocycles. The highest BCUT2D eigenvalue weighted by Crippen LogP contribution is 2.27. The van der Waals surface area contributed by atoms with E-state index in [0.29, 0.717) is 45.8 Å². The molecule has 36 heavy (non-hydrogen) atoms. The van der Waals surface area contributed by atoms with Gasteiger partial charge in [0, 0.05) is 57.7 Å². The lowest BCUT2D eigenvalue weighted by molar-refractivity contribution is 0.0748. The van der Waals surface area contributed by atoms with Crippen molar-refractivity contribution in [1.82, 2.24) is 19.0 Å². The molecule has 2 heterocycles. The van der Waals surface area contributed by atoms with Gasteiger partial charge in [0.1, 0.15) is 0 Å². The summed E-state index contributed by atoms with van der Waals surface area (Å²) in [4.78, 5) is 17.4. The second-order valence-electron chi connectivity index (χ2n) is 9.12. The van der Waals surface area contributed by atoms with E-state index < -0.39 is 10.0 Å². The Morgan fingerprint density at radius 1 is 0.972 bits per heavy atom. The average Bonchev–Trinajstić information content (AvgIpc) is 3.35. The lowest BCUT2D eigenvalue weighted by Gasteiger charge is -2.36. The van der Waals surface area contributed by atoms with E-state index in [2.05, 4.69) is 36.0 Å². The van der Waals surface area contributed by atoms with Crippen LogP contribution in [-0.2, 0) is 23.1 Å². The molecule has 0 radical (unpaired) electrons. The van der Waals surface area contributed by atoms with Crippen molar-refractivity contribution < 1.29 is 13.2 Å². The highest BCUT2D eigenvalue weighted by molar-refractivity contribution is 7.89. The minimum absolute atomic E-state index is 0.131. The summed E-state index contributed by atoms with van der Waals surface area (Å²) < 4.78 is 30.5. The number of amides is 1. The summed E-state index contributed by atoms with van der Waals surface area (Å²) >= 11 is 0. The molecule has 0 unspecified atom stereocenters. The van der Waals surface area contributed by atoms with Crippen LogP contribution in [0.15, 0.2) is 59.8 Å². The molecule has 8 nitrogen and oxygen atoms in total. The van der Waals surface area contributed by atoms with Crippen molar-refractivity contribution in [1.29, 1.82) is 0 Å². The van der Waals surface area contributed by atoms with Crippen molar-refractivity contribution in [3.05, 3.63) is 77.0 Å². The average molecular weight is 510 g/mol. The number of rotatable bonds is 8. The number of aryl methyl sites for hydroxylation is 2. The molecule has 2 aromatic carbocycles. The van der Waals surface area contributed by atoms with E-state index in [9.17, 15) is 13.2 Å². The molecule has 1 amide bonds. The zero-order valence-corrected chi connectivity index (χ0v) is 22.3. The third-order valence-corrected chi connectivity index (χ3v) is 8.74. The van der Waals surface area contributed by atoms with E-state index in [4.69, 9.17) is 0 Å². The summed E-state index contributed by atoms with van der Waals surface area (Å²) in [5, 5.41) is 4.20. The summed E-state index contributed by atoms with van der Waals surface area (Å²) in [6.45, 7) is 11.1. The normalized spacial score (nSPS) is 14.7. The van der Waals surface area contributed by atoms with Crippen LogP contribution in [0.5, 0.6) is 0 Å². The van der Waals surface area contributed by atoms with Crippen LogP contribution in [0.2, 0.25) is 0 Å². The van der Waals surface area contributed by atoms with Crippen molar-refractivity contribution in [2.75, 3.05) is 37.6 Å². The van der Waals surface area contributed by atoms with Gasteiger partial charge in [-0.3, -0.25) is 9.48 Å². The molecule has 3 aromatic rings. The number of benzene rings is 2. The first-order chi connectivity index (χ1) is 17.3. The van der Waals surface area contributed by atoms with Gasteiger partial charge in [0.15, 0.2) is 0 Å². The Balaban J connectivity index is 1.57. The van der Waals surface area contributed by atoms with E-state index in [1.54, 1.807) is 11.1 Å². The fourth-order valence-electron chi connectivity index (χ4n) is 4.57. The van der Waals surface area contributed by atoms with Crippen LogP contribution < -0.4 is 4.90 Å². The molecule has 0 aliphatic carbocycles. The number of anilines is 1. The fourth-order valence-corrected chi connectivity index (χ4v) is 6.09. The number of hydrogen-bond donors (Lipinski definition) is 0. The highest BCUT2D eigenvalue weighted by Gasteiger charge is 2.36. The van der Waals surface area contributed by atoms with Crippen molar-refractivity contribution in [2.45, 2.75) is 45.8 Å². The SMILES string of the molecule is CCN(Cc1ccccc1)C(=O)c1cn(CC)nc1S(=O)(=O)N1CCN(c2cccc(C)c2C)CC1. The Morgan fingerprint density at radius 2 is 1.67 bits per heavy atom. The van der Waals surface area contributed by atoms with Crippen molar-refractivity contribution >= 4 is 21.6 Å². The van der Waals surface area contributed by atoms with E-state index >= 15 is 0 Å². The minimum atomic E-state index is -3.94. The molecule has 1 aromatic heterocycles. The smallest absolute Gasteiger partial charge is 0.263 e. The number of piperazine rings is 1. The number of sulfonamides is 1. The maximum absolute atomic E-state index is 13.7. The van der Waals surface area contributed by atoms with Crippen molar-refractivity contribution in [3.63, 3.8) is 0 Å². The number of hydrogen-bond acceptors (Lipinski definition) is 5. The molecule has 4 rings (SSSR count). The van der Waals surface area contributed by atoms with Gasteiger partial charge in [-0.15, -0.1) is 0 Å². The van der Waals surface area contributed by atoms with Crippen LogP contribution in [0.3, 0.4) is 0 Å². The Labute approximate surface area is 214 Å². The Hall–Kier alpha value is -3.17. The quantitative estimate of drug-likeness (QED) is 0.463. The van der Waals surface area contributed by atoms with Gasteiger partial charge in [-0.2, -0.15) is 9.40 Å². The molecule has 1 aliphatic heterocycles. The minimum Gasteiger partial charge on any atom is -0.369 e. The van der Waals surface area contributed by atoms with Crippen LogP contribution >= 0.6 is 0 Å². The molecule has 0 atom stereocenters. The summed E-state index contributed by atoms with van der Waals surface area (Å²) in [6, 6.07) is 15.9. The van der Waals surface area contributed by atoms with E-state index in [1.807, 2.05) is 50.2 Å². The predicted octanol–water partition coefficient (Wildman–Crippen LogP) is 3.69. The Bertz CT molecular complexity index is 1310. The van der Waals surface area contributed by atoms with Crippen LogP contribution in [-0.4, -0.2) is 66.0 Å². The summed E-state index contributed by atoms with van der Waals surface area (Å²) in [6.07, 6.45) is 1.56. The number of aromatic nitrogens is 2. The van der Waals surface area contributed by atoms with Gasteiger partial charge in [0.05, 0.1) is 5.56 Å². The van der Waals surface area contributed by atoms with E-state index in [0.717, 1.165) is 11.3 Å². The van der Waals surface area contributed by atoms with Crippen LogP contribution in [0.25, 0.3) is 0 Å². The monoisotopic (exact) mass is 509 g/mol. The van der Waals surface area contributed by atoms with Gasteiger partial charge in [-0.25, -0.2) is 8.42 Å². The third-order valence-electron chi connectivity index (χ3n) is 6.91. The fraction of sp³-hybridized carbons (Fsp3) is 0.407. The zero-order valence-electron chi connectivity index (χ0n) is 21.5. The van der Waals surface area contributed by atoms with E-state index in [-0.39, 0.29) is 16.5 Å². The molecule has 9 heteroatoms. The second kappa shape index (κ2) is 10.8. The lowest BCUT2D eigenvalue weighted by atomic mass is 10.1. The van der Waals surface area contributed by atoms with Gasteiger partial charge in [-0.05, 0) is 50.5 Å². The first-order valence-electron chi connectivity index (χ1n) is 12.5. The molecular formula is C27H35N5O3S. The van der Waals surface area contributed by atoms with Crippen LogP contribution in [0.1, 0.15) is 40.9 Å². The van der Waals surface area contributed by atoms with Crippen molar-refractivity contribution in [3.8, 4) is 0 Å². The van der Waals surface area contributed by atoms with E-state index in [1.165, 1.54) is 20.1 Å². The topological polar surface area (TPSA) is 78.8 Å². The first-order valence-corrected chi connectivity index (χ1v) is 13.9. The molecule has 1 fully saturated rings. The van der Waals surface area contributed by atoms with Crippen molar-refractivity contribution in [2.24, 2.45) is 0 Å². The molecular weight excluding hydrogens is 474 g/mol. The molecule has 0 N–H and O–H groups in total. The largest absolute Gasteiger partial charge is 0.369 e. The van der Waals surface area contributed by atoms with Gasteiger partial charge in [0.25, 0.3) is 15.9 Å². The molecule has 1 aliphatic rings. The van der Waals surface area contributed by atoms with Crippen LogP contribution in [0.4, 0.5) is 5.69 Å². The lowest BCUT2D eigenvalue weighted by Crippen LogP contribution is -2.49. The maximum atomic E-state index is 13.7. The highest BCUT2D eigenvalue weighted by atomic mass is 32.2. The molecule has 0 bridgehead atoms.